The van der Waals surface area contributed by atoms with E-state index in [0.29, 0.717) is 13.0 Å². The zero-order valence-corrected chi connectivity index (χ0v) is 11.2. The van der Waals surface area contributed by atoms with Crippen molar-refractivity contribution in [3.63, 3.8) is 0 Å². The number of esters is 1. The number of aryl methyl sites for hydroxylation is 1. The molecule has 1 rings (SSSR count). The second kappa shape index (κ2) is 6.40. The molecule has 0 bridgehead atoms. The van der Waals surface area contributed by atoms with Gasteiger partial charge in [-0.25, -0.2) is 0 Å². The number of hydrogen-bond donors (Lipinski definition) is 1. The van der Waals surface area contributed by atoms with Crippen LogP contribution in [0, 0.1) is 0 Å². The number of ether oxygens (including phenoxy) is 2. The van der Waals surface area contributed by atoms with Crippen molar-refractivity contribution in [2.45, 2.75) is 32.2 Å². The highest BCUT2D eigenvalue weighted by Gasteiger charge is 2.29. The van der Waals surface area contributed by atoms with E-state index < -0.39 is 11.5 Å². The largest absolute Gasteiger partial charge is 0.493 e. The van der Waals surface area contributed by atoms with Crippen LogP contribution in [0.3, 0.4) is 0 Å². The van der Waals surface area contributed by atoms with Crippen molar-refractivity contribution >= 4 is 5.97 Å². The van der Waals surface area contributed by atoms with E-state index in [1.807, 2.05) is 24.3 Å². The summed E-state index contributed by atoms with van der Waals surface area (Å²) in [5.41, 5.74) is 6.05. The Hall–Kier alpha value is -1.55. The van der Waals surface area contributed by atoms with Crippen molar-refractivity contribution in [3.05, 3.63) is 29.8 Å². The van der Waals surface area contributed by atoms with Crippen LogP contribution in [0.5, 0.6) is 5.75 Å². The van der Waals surface area contributed by atoms with Gasteiger partial charge in [-0.3, -0.25) is 4.79 Å². The van der Waals surface area contributed by atoms with Crippen LogP contribution in [0.25, 0.3) is 0 Å². The van der Waals surface area contributed by atoms with Gasteiger partial charge in [-0.15, -0.1) is 0 Å². The molecule has 0 aromatic heterocycles. The summed E-state index contributed by atoms with van der Waals surface area (Å²) in [5, 5.41) is 0. The lowest BCUT2D eigenvalue weighted by molar-refractivity contribution is -0.146. The molecule has 4 nitrogen and oxygen atoms in total. The molecule has 0 saturated carbocycles. The van der Waals surface area contributed by atoms with Gasteiger partial charge in [-0.05, 0) is 31.0 Å². The predicted molar refractivity (Wildman–Crippen MR) is 70.5 cm³/mol. The summed E-state index contributed by atoms with van der Waals surface area (Å²) in [5.74, 6) is 0.378. The van der Waals surface area contributed by atoms with Gasteiger partial charge in [0.25, 0.3) is 0 Å². The fourth-order valence-electron chi connectivity index (χ4n) is 1.57. The normalized spacial score (nSPS) is 13.8. The second-order valence-corrected chi connectivity index (χ2v) is 4.51. The maximum atomic E-state index is 11.4. The van der Waals surface area contributed by atoms with Crippen LogP contribution in [-0.2, 0) is 16.0 Å². The Balaban J connectivity index is 2.48. The summed E-state index contributed by atoms with van der Waals surface area (Å²) in [6, 6.07) is 7.89. The molecule has 0 heterocycles. The molecular weight excluding hydrogens is 230 g/mol. The first-order valence-corrected chi connectivity index (χ1v) is 6.08. The van der Waals surface area contributed by atoms with Crippen LogP contribution in [0.4, 0.5) is 0 Å². The molecule has 0 spiro atoms. The first-order chi connectivity index (χ1) is 8.49. The minimum atomic E-state index is -1.00. The van der Waals surface area contributed by atoms with E-state index in [2.05, 4.69) is 11.7 Å². The third kappa shape index (κ3) is 4.04. The topological polar surface area (TPSA) is 61.5 Å². The van der Waals surface area contributed by atoms with Crippen molar-refractivity contribution in [1.29, 1.82) is 0 Å². The fourth-order valence-corrected chi connectivity index (χ4v) is 1.57. The molecule has 0 saturated heterocycles. The quantitative estimate of drug-likeness (QED) is 0.784. The molecule has 0 aliphatic rings. The average molecular weight is 251 g/mol. The van der Waals surface area contributed by atoms with Crippen LogP contribution in [0.1, 0.15) is 25.8 Å². The molecule has 0 fully saturated rings. The van der Waals surface area contributed by atoms with Crippen molar-refractivity contribution in [2.24, 2.45) is 5.73 Å². The third-order valence-electron chi connectivity index (χ3n) is 2.85. The minimum absolute atomic E-state index is 0.384. The summed E-state index contributed by atoms with van der Waals surface area (Å²) >= 11 is 0. The molecule has 1 atom stereocenters. The van der Waals surface area contributed by atoms with Crippen molar-refractivity contribution in [1.82, 2.24) is 0 Å². The number of carbonyl (C=O) groups is 1. The highest BCUT2D eigenvalue weighted by atomic mass is 16.5. The average Bonchev–Trinajstić information content (AvgIpc) is 2.37. The van der Waals surface area contributed by atoms with E-state index in [9.17, 15) is 4.79 Å². The number of methoxy groups -OCH3 is 1. The number of nitrogens with two attached hydrogens (primary N) is 1. The molecule has 0 aliphatic carbocycles. The summed E-state index contributed by atoms with van der Waals surface area (Å²) in [6.45, 7) is 4.12. The van der Waals surface area contributed by atoms with Gasteiger partial charge >= 0.3 is 5.97 Å². The van der Waals surface area contributed by atoms with Crippen LogP contribution in [0.15, 0.2) is 24.3 Å². The number of hydrogen-bond acceptors (Lipinski definition) is 4. The summed E-state index contributed by atoms with van der Waals surface area (Å²) in [6.07, 6.45) is 1.38. The van der Waals surface area contributed by atoms with Gasteiger partial charge < -0.3 is 15.2 Å². The Kier molecular flexibility index (Phi) is 5.16. The molecule has 0 radical (unpaired) electrons. The first kappa shape index (κ1) is 14.5. The molecule has 1 aromatic carbocycles. The summed E-state index contributed by atoms with van der Waals surface area (Å²) in [7, 11) is 1.33. The van der Waals surface area contributed by atoms with Gasteiger partial charge in [0.15, 0.2) is 0 Å². The van der Waals surface area contributed by atoms with Crippen LogP contribution < -0.4 is 10.5 Å². The highest BCUT2D eigenvalue weighted by Crippen LogP contribution is 2.15. The van der Waals surface area contributed by atoms with Gasteiger partial charge in [-0.1, -0.05) is 19.1 Å². The van der Waals surface area contributed by atoms with Gasteiger partial charge in [0.2, 0.25) is 0 Å². The van der Waals surface area contributed by atoms with Crippen LogP contribution in [0.2, 0.25) is 0 Å². The van der Waals surface area contributed by atoms with Crippen LogP contribution in [-0.4, -0.2) is 25.2 Å². The standard InChI is InChI=1S/C14H21NO3/c1-4-11-6-5-7-12(10-11)18-9-8-14(2,15)13(16)17-3/h5-7,10H,4,8-9,15H2,1-3H3. The predicted octanol–water partition coefficient (Wildman–Crippen LogP) is 1.91. The number of carbonyl (C=O) groups excluding carboxylic acids is 1. The van der Waals surface area contributed by atoms with E-state index >= 15 is 0 Å². The Labute approximate surface area is 108 Å². The molecule has 18 heavy (non-hydrogen) atoms. The zero-order chi connectivity index (χ0) is 13.6. The van der Waals surface area contributed by atoms with E-state index in [4.69, 9.17) is 10.5 Å². The molecule has 100 valence electrons. The molecular formula is C14H21NO3. The van der Waals surface area contributed by atoms with E-state index in [0.717, 1.165) is 12.2 Å². The Morgan fingerprint density at radius 3 is 2.78 bits per heavy atom. The SMILES string of the molecule is CCc1cccc(OCCC(C)(N)C(=O)OC)c1. The monoisotopic (exact) mass is 251 g/mol. The van der Waals surface area contributed by atoms with Crippen molar-refractivity contribution in [3.8, 4) is 5.75 Å². The molecule has 2 N–H and O–H groups in total. The molecule has 1 aromatic rings. The van der Waals surface area contributed by atoms with Crippen molar-refractivity contribution in [2.75, 3.05) is 13.7 Å². The van der Waals surface area contributed by atoms with Gasteiger partial charge in [0.1, 0.15) is 11.3 Å². The van der Waals surface area contributed by atoms with Gasteiger partial charge in [-0.2, -0.15) is 0 Å². The number of rotatable bonds is 6. The molecule has 4 heteroatoms. The second-order valence-electron chi connectivity index (χ2n) is 4.51. The lowest BCUT2D eigenvalue weighted by Gasteiger charge is -2.21. The summed E-state index contributed by atoms with van der Waals surface area (Å²) < 4.78 is 10.2. The molecule has 0 aliphatic heterocycles. The van der Waals surface area contributed by atoms with E-state index in [-0.39, 0.29) is 0 Å². The minimum Gasteiger partial charge on any atom is -0.493 e. The van der Waals surface area contributed by atoms with E-state index in [1.165, 1.54) is 12.7 Å². The zero-order valence-electron chi connectivity index (χ0n) is 11.2. The lowest BCUT2D eigenvalue weighted by Crippen LogP contribution is -2.46. The van der Waals surface area contributed by atoms with E-state index in [1.54, 1.807) is 6.92 Å². The first-order valence-electron chi connectivity index (χ1n) is 6.08. The van der Waals surface area contributed by atoms with Crippen LogP contribution >= 0.6 is 0 Å². The van der Waals surface area contributed by atoms with Crippen molar-refractivity contribution < 1.29 is 14.3 Å². The van der Waals surface area contributed by atoms with Gasteiger partial charge in [0, 0.05) is 6.42 Å². The maximum Gasteiger partial charge on any atom is 0.325 e. The molecule has 0 amide bonds. The Bertz CT molecular complexity index is 402. The third-order valence-corrected chi connectivity index (χ3v) is 2.85. The Morgan fingerprint density at radius 1 is 1.44 bits per heavy atom. The maximum absolute atomic E-state index is 11.4. The Morgan fingerprint density at radius 2 is 2.17 bits per heavy atom. The highest BCUT2D eigenvalue weighted by molar-refractivity contribution is 5.79. The summed E-state index contributed by atoms with van der Waals surface area (Å²) in [4.78, 5) is 11.4. The smallest absolute Gasteiger partial charge is 0.325 e. The molecule has 1 unspecified atom stereocenters. The van der Waals surface area contributed by atoms with Gasteiger partial charge in [0.05, 0.1) is 13.7 Å². The number of benzene rings is 1. The fraction of sp³-hybridized carbons (Fsp3) is 0.500. The lowest BCUT2D eigenvalue weighted by atomic mass is 10.0.